The Hall–Kier alpha value is -1.43. The normalized spacial score (nSPS) is 10.7. The van der Waals surface area contributed by atoms with Gasteiger partial charge in [-0.15, -0.1) is 0 Å². The van der Waals surface area contributed by atoms with Crippen LogP contribution in [0.15, 0.2) is 6.07 Å². The number of nitrogens with zero attached hydrogens (tertiary/aromatic N) is 2. The maximum absolute atomic E-state index is 13.3. The predicted octanol–water partition coefficient (Wildman–Crippen LogP) is 1.73. The van der Waals surface area contributed by atoms with E-state index in [1.807, 2.05) is 19.0 Å². The fourth-order valence-electron chi connectivity index (χ4n) is 1.17. The second-order valence-corrected chi connectivity index (χ2v) is 3.79. The summed E-state index contributed by atoms with van der Waals surface area (Å²) in [7, 11) is 3.75. The van der Waals surface area contributed by atoms with Gasteiger partial charge in [0.2, 0.25) is 0 Å². The molecule has 1 rings (SSSR count). The maximum atomic E-state index is 13.3. The van der Waals surface area contributed by atoms with Crippen LogP contribution in [0.5, 0.6) is 5.88 Å². The van der Waals surface area contributed by atoms with E-state index < -0.39 is 11.6 Å². The van der Waals surface area contributed by atoms with Crippen LogP contribution in [0, 0.1) is 11.6 Å². The van der Waals surface area contributed by atoms with Crippen molar-refractivity contribution < 1.29 is 13.5 Å². The van der Waals surface area contributed by atoms with Crippen LogP contribution in [0.4, 0.5) is 14.6 Å². The van der Waals surface area contributed by atoms with Crippen LogP contribution < -0.4 is 10.1 Å². The fourth-order valence-corrected chi connectivity index (χ4v) is 1.17. The summed E-state index contributed by atoms with van der Waals surface area (Å²) in [5, 5.41) is 2.70. The molecule has 0 fully saturated rings. The molecule has 0 aromatic carbocycles. The first-order valence-electron chi connectivity index (χ1n) is 5.42. The standard InChI is InChI=1S/C11H17F2N3O/c1-4-14-10-8(12)7-9(13)11(15-10)17-6-5-16(2)3/h7H,4-6H2,1-3H3,(H,14,15). The summed E-state index contributed by atoms with van der Waals surface area (Å²) in [6, 6.07) is 0.774. The molecule has 0 atom stereocenters. The third-order valence-electron chi connectivity index (χ3n) is 2.02. The quantitative estimate of drug-likeness (QED) is 0.828. The maximum Gasteiger partial charge on any atom is 0.252 e. The minimum Gasteiger partial charge on any atom is -0.474 e. The summed E-state index contributed by atoms with van der Waals surface area (Å²) in [6.07, 6.45) is 0. The van der Waals surface area contributed by atoms with E-state index in [1.165, 1.54) is 0 Å². The van der Waals surface area contributed by atoms with Crippen LogP contribution in [0.2, 0.25) is 0 Å². The lowest BCUT2D eigenvalue weighted by molar-refractivity contribution is 0.243. The first-order chi connectivity index (χ1) is 8.04. The van der Waals surface area contributed by atoms with Gasteiger partial charge in [0.05, 0.1) is 0 Å². The van der Waals surface area contributed by atoms with Gasteiger partial charge in [0.15, 0.2) is 17.5 Å². The summed E-state index contributed by atoms with van der Waals surface area (Å²) in [5.74, 6) is -1.68. The molecule has 0 bridgehead atoms. The van der Waals surface area contributed by atoms with Crippen LogP contribution in [-0.4, -0.2) is 43.7 Å². The highest BCUT2D eigenvalue weighted by molar-refractivity contribution is 5.39. The molecule has 6 heteroatoms. The van der Waals surface area contributed by atoms with Crippen molar-refractivity contribution >= 4 is 5.82 Å². The van der Waals surface area contributed by atoms with Crippen molar-refractivity contribution in [1.29, 1.82) is 0 Å². The van der Waals surface area contributed by atoms with Gasteiger partial charge >= 0.3 is 0 Å². The summed E-state index contributed by atoms with van der Waals surface area (Å²) in [6.45, 7) is 3.24. The van der Waals surface area contributed by atoms with E-state index in [0.717, 1.165) is 6.07 Å². The van der Waals surface area contributed by atoms with Crippen molar-refractivity contribution in [3.8, 4) is 5.88 Å². The molecule has 0 saturated carbocycles. The monoisotopic (exact) mass is 245 g/mol. The zero-order valence-corrected chi connectivity index (χ0v) is 10.3. The molecule has 0 spiro atoms. The molecule has 1 aromatic heterocycles. The Balaban J connectivity index is 2.73. The smallest absolute Gasteiger partial charge is 0.252 e. The number of nitrogens with one attached hydrogen (secondary N) is 1. The molecule has 0 aliphatic carbocycles. The second-order valence-electron chi connectivity index (χ2n) is 3.79. The zero-order valence-electron chi connectivity index (χ0n) is 10.3. The van der Waals surface area contributed by atoms with Gasteiger partial charge in [-0.3, -0.25) is 0 Å². The summed E-state index contributed by atoms with van der Waals surface area (Å²) >= 11 is 0. The van der Waals surface area contributed by atoms with E-state index in [4.69, 9.17) is 4.74 Å². The minimum atomic E-state index is -0.789. The van der Waals surface area contributed by atoms with Crippen molar-refractivity contribution in [2.24, 2.45) is 0 Å². The number of rotatable bonds is 6. The molecule has 0 unspecified atom stereocenters. The highest BCUT2D eigenvalue weighted by atomic mass is 19.1. The SMILES string of the molecule is CCNc1nc(OCCN(C)C)c(F)cc1F. The largest absolute Gasteiger partial charge is 0.474 e. The Morgan fingerprint density at radius 3 is 2.65 bits per heavy atom. The Kier molecular flexibility index (Phi) is 5.09. The molecule has 96 valence electrons. The van der Waals surface area contributed by atoms with Gasteiger partial charge in [-0.1, -0.05) is 0 Å². The van der Waals surface area contributed by atoms with Crippen molar-refractivity contribution in [2.45, 2.75) is 6.92 Å². The topological polar surface area (TPSA) is 37.4 Å². The lowest BCUT2D eigenvalue weighted by atomic mass is 10.4. The van der Waals surface area contributed by atoms with Crippen molar-refractivity contribution in [3.63, 3.8) is 0 Å². The van der Waals surface area contributed by atoms with Crippen LogP contribution in [-0.2, 0) is 0 Å². The van der Waals surface area contributed by atoms with Gasteiger partial charge in [-0.25, -0.2) is 8.78 Å². The molecule has 1 heterocycles. The number of ether oxygens (including phenoxy) is 1. The third-order valence-corrected chi connectivity index (χ3v) is 2.02. The summed E-state index contributed by atoms with van der Waals surface area (Å²) < 4.78 is 31.7. The lowest BCUT2D eigenvalue weighted by Gasteiger charge is -2.12. The fraction of sp³-hybridized carbons (Fsp3) is 0.545. The molecular formula is C11H17F2N3O. The molecule has 0 radical (unpaired) electrons. The Morgan fingerprint density at radius 2 is 2.06 bits per heavy atom. The van der Waals surface area contributed by atoms with Crippen molar-refractivity contribution in [3.05, 3.63) is 17.7 Å². The second kappa shape index (κ2) is 6.34. The van der Waals surface area contributed by atoms with E-state index in [9.17, 15) is 8.78 Å². The molecule has 17 heavy (non-hydrogen) atoms. The highest BCUT2D eigenvalue weighted by Crippen LogP contribution is 2.20. The number of hydrogen-bond acceptors (Lipinski definition) is 4. The van der Waals surface area contributed by atoms with E-state index in [2.05, 4.69) is 10.3 Å². The zero-order chi connectivity index (χ0) is 12.8. The average Bonchev–Trinajstić information content (AvgIpc) is 2.24. The van der Waals surface area contributed by atoms with Crippen molar-refractivity contribution in [1.82, 2.24) is 9.88 Å². The van der Waals surface area contributed by atoms with Gasteiger partial charge in [0, 0.05) is 19.2 Å². The predicted molar refractivity (Wildman–Crippen MR) is 62.4 cm³/mol. The number of pyridine rings is 1. The van der Waals surface area contributed by atoms with Crippen LogP contribution in [0.3, 0.4) is 0 Å². The Bertz CT molecular complexity index is 372. The van der Waals surface area contributed by atoms with Crippen molar-refractivity contribution in [2.75, 3.05) is 39.1 Å². The number of halogens is 2. The van der Waals surface area contributed by atoms with Gasteiger partial charge in [0.1, 0.15) is 6.61 Å². The Morgan fingerprint density at radius 1 is 1.35 bits per heavy atom. The molecule has 4 nitrogen and oxygen atoms in total. The molecule has 0 aliphatic rings. The van der Waals surface area contributed by atoms with Crippen LogP contribution in [0.1, 0.15) is 6.92 Å². The van der Waals surface area contributed by atoms with E-state index in [1.54, 1.807) is 6.92 Å². The number of likely N-dealkylation sites (N-methyl/N-ethyl adjacent to an activating group) is 1. The molecular weight excluding hydrogens is 228 g/mol. The average molecular weight is 245 g/mol. The molecule has 1 N–H and O–H groups in total. The van der Waals surface area contributed by atoms with Crippen LogP contribution in [0.25, 0.3) is 0 Å². The van der Waals surface area contributed by atoms with E-state index in [-0.39, 0.29) is 11.7 Å². The molecule has 0 aliphatic heterocycles. The first kappa shape index (κ1) is 13.6. The molecule has 1 aromatic rings. The van der Waals surface area contributed by atoms with Crippen LogP contribution >= 0.6 is 0 Å². The van der Waals surface area contributed by atoms with E-state index in [0.29, 0.717) is 19.7 Å². The molecule has 0 saturated heterocycles. The number of aromatic nitrogens is 1. The lowest BCUT2D eigenvalue weighted by Crippen LogP contribution is -2.20. The minimum absolute atomic E-state index is 0.00810. The van der Waals surface area contributed by atoms with Gasteiger partial charge < -0.3 is 15.0 Å². The summed E-state index contributed by atoms with van der Waals surface area (Å²) in [4.78, 5) is 5.65. The number of anilines is 1. The summed E-state index contributed by atoms with van der Waals surface area (Å²) in [5.41, 5.74) is 0. The number of hydrogen-bond donors (Lipinski definition) is 1. The van der Waals surface area contributed by atoms with E-state index >= 15 is 0 Å². The third kappa shape index (κ3) is 4.14. The Labute approximate surface area is 99.6 Å². The van der Waals surface area contributed by atoms with Gasteiger partial charge in [-0.2, -0.15) is 4.98 Å². The highest BCUT2D eigenvalue weighted by Gasteiger charge is 2.12. The molecule has 0 amide bonds. The van der Waals surface area contributed by atoms with Gasteiger partial charge in [0.25, 0.3) is 5.88 Å². The van der Waals surface area contributed by atoms with Gasteiger partial charge in [-0.05, 0) is 21.0 Å². The first-order valence-corrected chi connectivity index (χ1v) is 5.42.